The highest BCUT2D eigenvalue weighted by Gasteiger charge is 2.23. The van der Waals surface area contributed by atoms with Crippen LogP contribution in [0.2, 0.25) is 0 Å². The lowest BCUT2D eigenvalue weighted by Gasteiger charge is -2.07. The molecule has 1 fully saturated rings. The van der Waals surface area contributed by atoms with Crippen LogP contribution in [0.4, 0.5) is 0 Å². The van der Waals surface area contributed by atoms with Crippen LogP contribution in [0.5, 0.6) is 0 Å². The average Bonchev–Trinajstić information content (AvgIpc) is 3.21. The van der Waals surface area contributed by atoms with Crippen molar-refractivity contribution in [1.82, 2.24) is 14.7 Å². The lowest BCUT2D eigenvalue weighted by atomic mass is 10.1. The second-order valence-corrected chi connectivity index (χ2v) is 5.43. The van der Waals surface area contributed by atoms with E-state index in [1.165, 1.54) is 0 Å². The number of benzene rings is 1. The minimum absolute atomic E-state index is 0.0150. The Hall–Kier alpha value is -2.47. The fourth-order valence-corrected chi connectivity index (χ4v) is 2.78. The molecule has 2 aromatic heterocycles. The molecule has 0 aliphatic carbocycles. The van der Waals surface area contributed by atoms with Crippen LogP contribution in [0.1, 0.15) is 24.1 Å². The minimum atomic E-state index is 0.0150. The number of ether oxygens (including phenoxy) is 1. The molecule has 6 heteroatoms. The van der Waals surface area contributed by atoms with Crippen LogP contribution in [0.15, 0.2) is 45.8 Å². The van der Waals surface area contributed by atoms with E-state index < -0.39 is 0 Å². The Kier molecular flexibility index (Phi) is 3.23. The lowest BCUT2D eigenvalue weighted by Crippen LogP contribution is -2.09. The van der Waals surface area contributed by atoms with Gasteiger partial charge >= 0.3 is 0 Å². The molecule has 0 saturated carbocycles. The fraction of sp³-hybridized carbons (Fsp3) is 0.312. The number of hydrogen-bond donors (Lipinski definition) is 0. The van der Waals surface area contributed by atoms with E-state index in [0.717, 1.165) is 18.5 Å². The molecule has 112 valence electrons. The van der Waals surface area contributed by atoms with E-state index in [-0.39, 0.29) is 11.3 Å². The zero-order valence-corrected chi connectivity index (χ0v) is 11.9. The van der Waals surface area contributed by atoms with Gasteiger partial charge < -0.3 is 13.8 Å². The SMILES string of the molecule is O=c1ccn(Cc2nc([C@H]3CCOC3)no2)c2ccccc12. The Morgan fingerprint density at radius 3 is 3.05 bits per heavy atom. The fourth-order valence-electron chi connectivity index (χ4n) is 2.78. The van der Waals surface area contributed by atoms with Gasteiger partial charge in [0.1, 0.15) is 6.54 Å². The molecular formula is C16H15N3O3. The average molecular weight is 297 g/mol. The molecule has 3 aromatic rings. The third-order valence-electron chi connectivity index (χ3n) is 3.97. The predicted molar refractivity (Wildman–Crippen MR) is 79.8 cm³/mol. The van der Waals surface area contributed by atoms with Gasteiger partial charge in [-0.2, -0.15) is 4.98 Å². The maximum absolute atomic E-state index is 11.9. The largest absolute Gasteiger partial charge is 0.381 e. The summed E-state index contributed by atoms with van der Waals surface area (Å²) in [5.74, 6) is 1.47. The van der Waals surface area contributed by atoms with Gasteiger partial charge in [-0.05, 0) is 18.6 Å². The highest BCUT2D eigenvalue weighted by molar-refractivity contribution is 5.78. The summed E-state index contributed by atoms with van der Waals surface area (Å²) >= 11 is 0. The standard InChI is InChI=1S/C16H15N3O3/c20-14-5-7-19(13-4-2-1-3-12(13)14)9-15-17-16(18-22-15)11-6-8-21-10-11/h1-5,7,11H,6,8-10H2/t11-/m0/s1. The molecule has 3 heterocycles. The van der Waals surface area contributed by atoms with Crippen LogP contribution in [0.3, 0.4) is 0 Å². The molecule has 4 rings (SSSR count). The summed E-state index contributed by atoms with van der Waals surface area (Å²) in [6.07, 6.45) is 2.69. The number of nitrogens with zero attached hydrogens (tertiary/aromatic N) is 3. The molecule has 0 spiro atoms. The van der Waals surface area contributed by atoms with Crippen molar-refractivity contribution in [3.8, 4) is 0 Å². The van der Waals surface area contributed by atoms with Crippen LogP contribution < -0.4 is 5.43 Å². The van der Waals surface area contributed by atoms with E-state index in [0.29, 0.717) is 30.3 Å². The monoisotopic (exact) mass is 297 g/mol. The van der Waals surface area contributed by atoms with Crippen molar-refractivity contribution >= 4 is 10.9 Å². The third-order valence-corrected chi connectivity index (χ3v) is 3.97. The summed E-state index contributed by atoms with van der Waals surface area (Å²) in [7, 11) is 0. The Labute approximate surface area is 126 Å². The Morgan fingerprint density at radius 1 is 1.27 bits per heavy atom. The molecule has 1 atom stereocenters. The van der Waals surface area contributed by atoms with Crippen molar-refractivity contribution in [1.29, 1.82) is 0 Å². The Balaban J connectivity index is 1.66. The van der Waals surface area contributed by atoms with E-state index in [1.807, 2.05) is 28.8 Å². The third kappa shape index (κ3) is 2.31. The second kappa shape index (κ2) is 5.38. The van der Waals surface area contributed by atoms with Crippen LogP contribution in [0, 0.1) is 0 Å². The highest BCUT2D eigenvalue weighted by atomic mass is 16.5. The van der Waals surface area contributed by atoms with Gasteiger partial charge in [0.15, 0.2) is 11.3 Å². The summed E-state index contributed by atoms with van der Waals surface area (Å²) in [6.45, 7) is 1.85. The Bertz CT molecular complexity index is 862. The maximum atomic E-state index is 11.9. The highest BCUT2D eigenvalue weighted by Crippen LogP contribution is 2.22. The van der Waals surface area contributed by atoms with Gasteiger partial charge in [-0.3, -0.25) is 4.79 Å². The van der Waals surface area contributed by atoms with E-state index in [1.54, 1.807) is 12.3 Å². The van der Waals surface area contributed by atoms with Gasteiger partial charge in [-0.15, -0.1) is 0 Å². The molecule has 1 aliphatic heterocycles. The molecular weight excluding hydrogens is 282 g/mol. The molecule has 6 nitrogen and oxygen atoms in total. The van der Waals surface area contributed by atoms with Crippen molar-refractivity contribution in [2.75, 3.05) is 13.2 Å². The summed E-state index contributed by atoms with van der Waals surface area (Å²) in [5, 5.41) is 4.74. The van der Waals surface area contributed by atoms with E-state index in [2.05, 4.69) is 10.1 Å². The van der Waals surface area contributed by atoms with Crippen molar-refractivity contribution in [3.05, 3.63) is 58.5 Å². The number of pyridine rings is 1. The molecule has 0 bridgehead atoms. The van der Waals surface area contributed by atoms with Crippen molar-refractivity contribution < 1.29 is 9.26 Å². The minimum Gasteiger partial charge on any atom is -0.381 e. The van der Waals surface area contributed by atoms with Crippen molar-refractivity contribution in [3.63, 3.8) is 0 Å². The van der Waals surface area contributed by atoms with E-state index in [4.69, 9.17) is 9.26 Å². The van der Waals surface area contributed by atoms with Crippen molar-refractivity contribution in [2.24, 2.45) is 0 Å². The molecule has 1 aromatic carbocycles. The van der Waals surface area contributed by atoms with Gasteiger partial charge in [0, 0.05) is 30.2 Å². The molecule has 0 unspecified atom stereocenters. The van der Waals surface area contributed by atoms with Gasteiger partial charge in [0.2, 0.25) is 5.89 Å². The first-order valence-electron chi connectivity index (χ1n) is 7.30. The molecule has 22 heavy (non-hydrogen) atoms. The molecule has 0 radical (unpaired) electrons. The van der Waals surface area contributed by atoms with Crippen LogP contribution >= 0.6 is 0 Å². The summed E-state index contributed by atoms with van der Waals surface area (Å²) in [4.78, 5) is 16.3. The summed E-state index contributed by atoms with van der Waals surface area (Å²) in [6, 6.07) is 9.07. The first kappa shape index (κ1) is 13.2. The first-order chi connectivity index (χ1) is 10.8. The molecule has 1 aliphatic rings. The number of aromatic nitrogens is 3. The smallest absolute Gasteiger partial charge is 0.246 e. The van der Waals surface area contributed by atoms with Gasteiger partial charge in [-0.25, -0.2) is 0 Å². The number of fused-ring (bicyclic) bond motifs is 1. The number of rotatable bonds is 3. The van der Waals surface area contributed by atoms with Gasteiger partial charge in [0.05, 0.1) is 12.1 Å². The van der Waals surface area contributed by atoms with Crippen molar-refractivity contribution in [2.45, 2.75) is 18.9 Å². The zero-order valence-electron chi connectivity index (χ0n) is 11.9. The Morgan fingerprint density at radius 2 is 2.18 bits per heavy atom. The molecule has 1 saturated heterocycles. The summed E-state index contributed by atoms with van der Waals surface area (Å²) in [5.41, 5.74) is 0.875. The van der Waals surface area contributed by atoms with Gasteiger partial charge in [-0.1, -0.05) is 17.3 Å². The zero-order chi connectivity index (χ0) is 14.9. The lowest BCUT2D eigenvalue weighted by molar-refractivity contribution is 0.192. The molecule has 0 amide bonds. The number of para-hydroxylation sites is 1. The van der Waals surface area contributed by atoms with Crippen LogP contribution in [-0.4, -0.2) is 27.9 Å². The quantitative estimate of drug-likeness (QED) is 0.739. The molecule has 0 N–H and O–H groups in total. The summed E-state index contributed by atoms with van der Waals surface area (Å²) < 4.78 is 12.6. The second-order valence-electron chi connectivity index (χ2n) is 5.43. The normalized spacial score (nSPS) is 18.1. The maximum Gasteiger partial charge on any atom is 0.246 e. The van der Waals surface area contributed by atoms with Crippen LogP contribution in [-0.2, 0) is 11.3 Å². The van der Waals surface area contributed by atoms with E-state index >= 15 is 0 Å². The predicted octanol–water partition coefficient (Wildman–Crippen LogP) is 1.94. The van der Waals surface area contributed by atoms with Gasteiger partial charge in [0.25, 0.3) is 0 Å². The first-order valence-corrected chi connectivity index (χ1v) is 7.30. The number of hydrogen-bond acceptors (Lipinski definition) is 5. The topological polar surface area (TPSA) is 70.2 Å². The van der Waals surface area contributed by atoms with E-state index in [9.17, 15) is 4.79 Å². The van der Waals surface area contributed by atoms with Crippen LogP contribution in [0.25, 0.3) is 10.9 Å².